The maximum absolute atomic E-state index is 14.1. The minimum atomic E-state index is -1.22. The van der Waals surface area contributed by atoms with E-state index in [-0.39, 0.29) is 25.4 Å². The number of ether oxygens (including phenoxy) is 4. The Kier molecular flexibility index (Phi) is 13.7. The van der Waals surface area contributed by atoms with E-state index in [9.17, 15) is 19.2 Å². The van der Waals surface area contributed by atoms with Gasteiger partial charge in [-0.1, -0.05) is 63.1 Å². The lowest BCUT2D eigenvalue weighted by Gasteiger charge is -2.32. The van der Waals surface area contributed by atoms with Gasteiger partial charge in [-0.25, -0.2) is 14.6 Å². The molecule has 1 N–H and O–H groups in total. The summed E-state index contributed by atoms with van der Waals surface area (Å²) in [7, 11) is 3.20. The van der Waals surface area contributed by atoms with Gasteiger partial charge in [0.05, 0.1) is 13.2 Å². The van der Waals surface area contributed by atoms with E-state index in [1.165, 1.54) is 18.9 Å². The Hall–Kier alpha value is -4.03. The van der Waals surface area contributed by atoms with E-state index < -0.39 is 48.1 Å². The Bertz CT molecular complexity index is 1350. The second-order valence-corrected chi connectivity index (χ2v) is 13.0. The quantitative estimate of drug-likeness (QED) is 0.197. The van der Waals surface area contributed by atoms with Crippen LogP contribution in [0.1, 0.15) is 57.6 Å². The first-order valence-corrected chi connectivity index (χ1v) is 16.9. The van der Waals surface area contributed by atoms with Crippen molar-refractivity contribution in [3.8, 4) is 0 Å². The van der Waals surface area contributed by atoms with E-state index in [2.05, 4.69) is 15.2 Å². The van der Waals surface area contributed by atoms with Crippen molar-refractivity contribution in [2.75, 3.05) is 45.3 Å². The van der Waals surface area contributed by atoms with Gasteiger partial charge in [0.15, 0.2) is 12.2 Å². The van der Waals surface area contributed by atoms with Crippen molar-refractivity contribution in [2.24, 2.45) is 11.8 Å². The van der Waals surface area contributed by atoms with Gasteiger partial charge in [0.25, 0.3) is 5.91 Å². The first-order chi connectivity index (χ1) is 23.0. The van der Waals surface area contributed by atoms with Crippen LogP contribution in [0.4, 0.5) is 5.82 Å². The maximum Gasteiger partial charge on any atom is 0.347 e. The molecule has 1 aromatic carbocycles. The lowest BCUT2D eigenvalue weighted by molar-refractivity contribution is -0.174. The molecule has 2 aliphatic rings. The monoisotopic (exact) mass is 666 g/mol. The van der Waals surface area contributed by atoms with Gasteiger partial charge in [0.2, 0.25) is 0 Å². The molecule has 0 spiro atoms. The largest absolute Gasteiger partial charge is 0.458 e. The third-order valence-electron chi connectivity index (χ3n) is 8.63. The maximum atomic E-state index is 14.1. The minimum Gasteiger partial charge on any atom is -0.458 e. The Balaban J connectivity index is 1.48. The zero-order chi connectivity index (χ0) is 34.6. The number of likely N-dealkylation sites (N-methyl/N-ethyl adjacent to an activating group) is 2. The minimum absolute atomic E-state index is 0.00304. The predicted octanol–water partition coefficient (Wildman–Crippen LogP) is 3.31. The number of benzene rings is 1. The zero-order valence-electron chi connectivity index (χ0n) is 28.8. The molecule has 1 saturated heterocycles. The number of aromatic nitrogens is 1. The number of hydrogen-bond acceptors (Lipinski definition) is 11. The Morgan fingerprint density at radius 2 is 1.67 bits per heavy atom. The zero-order valence-corrected chi connectivity index (χ0v) is 28.8. The second-order valence-electron chi connectivity index (χ2n) is 13.0. The lowest BCUT2D eigenvalue weighted by atomic mass is 10.0. The molecule has 4 rings (SSSR count). The van der Waals surface area contributed by atoms with Crippen LogP contribution in [0.5, 0.6) is 0 Å². The van der Waals surface area contributed by atoms with Crippen LogP contribution in [0.2, 0.25) is 0 Å². The van der Waals surface area contributed by atoms with Gasteiger partial charge in [-0.15, -0.1) is 0 Å². The average molecular weight is 667 g/mol. The molecule has 1 aromatic heterocycles. The SMILES string of the molecule is CN[C@@H](CC1CC1)C(=O)O[C@H](Cc1ccc(N2CCOCC2)nc1)C(=O)N(C)[C@@H](CC(C)C)C(=O)O[C@H](C)C(=O)OCc1ccccc1. The van der Waals surface area contributed by atoms with Crippen molar-refractivity contribution >= 4 is 29.6 Å². The molecule has 0 bridgehead atoms. The molecular weight excluding hydrogens is 616 g/mol. The number of amides is 1. The first kappa shape index (κ1) is 36.8. The summed E-state index contributed by atoms with van der Waals surface area (Å²) in [5.41, 5.74) is 1.50. The molecule has 0 unspecified atom stereocenters. The van der Waals surface area contributed by atoms with Crippen LogP contribution in [0, 0.1) is 11.8 Å². The van der Waals surface area contributed by atoms with E-state index in [1.54, 1.807) is 13.2 Å². The molecule has 12 nitrogen and oxygen atoms in total. The average Bonchev–Trinajstić information content (AvgIpc) is 3.92. The van der Waals surface area contributed by atoms with Crippen LogP contribution in [0.25, 0.3) is 0 Å². The third kappa shape index (κ3) is 11.0. The molecule has 2 fully saturated rings. The van der Waals surface area contributed by atoms with Crippen LogP contribution >= 0.6 is 0 Å². The fraction of sp³-hybridized carbons (Fsp3) is 0.583. The lowest BCUT2D eigenvalue weighted by Crippen LogP contribution is -2.51. The van der Waals surface area contributed by atoms with E-state index in [0.29, 0.717) is 31.1 Å². The van der Waals surface area contributed by atoms with Crippen molar-refractivity contribution in [1.29, 1.82) is 0 Å². The molecule has 2 aromatic rings. The summed E-state index contributed by atoms with van der Waals surface area (Å²) >= 11 is 0. The summed E-state index contributed by atoms with van der Waals surface area (Å²) in [5, 5.41) is 3.03. The number of esters is 3. The summed E-state index contributed by atoms with van der Waals surface area (Å²) in [6.45, 7) is 8.05. The van der Waals surface area contributed by atoms with Gasteiger partial charge < -0.3 is 34.1 Å². The summed E-state index contributed by atoms with van der Waals surface area (Å²) in [6, 6.07) is 11.4. The molecule has 0 radical (unpaired) electrons. The summed E-state index contributed by atoms with van der Waals surface area (Å²) in [6.07, 6.45) is 2.36. The number of morpholine rings is 1. The molecule has 1 saturated carbocycles. The van der Waals surface area contributed by atoms with Gasteiger partial charge in [0.1, 0.15) is 24.5 Å². The van der Waals surface area contributed by atoms with E-state index in [4.69, 9.17) is 18.9 Å². The van der Waals surface area contributed by atoms with Crippen LogP contribution in [0.3, 0.4) is 0 Å². The Morgan fingerprint density at radius 1 is 0.958 bits per heavy atom. The van der Waals surface area contributed by atoms with Crippen molar-refractivity contribution < 1.29 is 38.1 Å². The number of anilines is 1. The van der Waals surface area contributed by atoms with Gasteiger partial charge in [-0.3, -0.25) is 9.59 Å². The van der Waals surface area contributed by atoms with Gasteiger partial charge in [0, 0.05) is 32.8 Å². The highest BCUT2D eigenvalue weighted by atomic mass is 16.6. The summed E-state index contributed by atoms with van der Waals surface area (Å²) in [5.74, 6) is -1.26. The first-order valence-electron chi connectivity index (χ1n) is 16.9. The molecule has 1 aliphatic carbocycles. The highest BCUT2D eigenvalue weighted by molar-refractivity contribution is 5.90. The topological polar surface area (TPSA) is 137 Å². The van der Waals surface area contributed by atoms with Crippen LogP contribution in [-0.4, -0.2) is 98.4 Å². The number of rotatable bonds is 17. The van der Waals surface area contributed by atoms with Crippen LogP contribution in [0.15, 0.2) is 48.7 Å². The standard InChI is InChI=1S/C36H50N4O8/c1-24(2)19-30(36(44)47-25(3)34(42)46-23-27-9-7-6-8-10-27)39(5)33(41)31(48-35(43)29(37-4)20-26-11-12-26)21-28-13-14-32(38-22-28)40-15-17-45-18-16-40/h6-10,13-14,22,24-26,29-31,37H,11-12,15-21,23H2,1-5H3/t25-,29+,30+,31-/m1/s1. The van der Waals surface area contributed by atoms with Gasteiger partial charge in [-0.05, 0) is 55.8 Å². The number of nitrogens with one attached hydrogen (secondary N) is 1. The number of nitrogens with zero attached hydrogens (tertiary/aromatic N) is 3. The molecule has 12 heteroatoms. The second kappa shape index (κ2) is 17.9. The Morgan fingerprint density at radius 3 is 2.27 bits per heavy atom. The molecule has 1 aliphatic heterocycles. The van der Waals surface area contributed by atoms with E-state index >= 15 is 0 Å². The fourth-order valence-electron chi connectivity index (χ4n) is 5.54. The number of carbonyl (C=O) groups is 4. The fourth-order valence-corrected chi connectivity index (χ4v) is 5.54. The van der Waals surface area contributed by atoms with Crippen LogP contribution < -0.4 is 10.2 Å². The van der Waals surface area contributed by atoms with Crippen molar-refractivity contribution in [2.45, 2.75) is 83.8 Å². The third-order valence-corrected chi connectivity index (χ3v) is 8.63. The van der Waals surface area contributed by atoms with Gasteiger partial charge in [-0.2, -0.15) is 0 Å². The normalized spacial score (nSPS) is 17.2. The van der Waals surface area contributed by atoms with Crippen molar-refractivity contribution in [3.63, 3.8) is 0 Å². The molecule has 2 heterocycles. The molecule has 1 amide bonds. The van der Waals surface area contributed by atoms with E-state index in [1.807, 2.05) is 56.3 Å². The molecule has 4 atom stereocenters. The molecular formula is C36H50N4O8. The molecule has 262 valence electrons. The molecule has 48 heavy (non-hydrogen) atoms. The Labute approximate surface area is 283 Å². The van der Waals surface area contributed by atoms with Gasteiger partial charge >= 0.3 is 17.9 Å². The number of carbonyl (C=O) groups excluding carboxylic acids is 4. The highest BCUT2D eigenvalue weighted by Gasteiger charge is 2.38. The number of pyridine rings is 1. The highest BCUT2D eigenvalue weighted by Crippen LogP contribution is 2.34. The summed E-state index contributed by atoms with van der Waals surface area (Å²) in [4.78, 5) is 61.7. The van der Waals surface area contributed by atoms with E-state index in [0.717, 1.165) is 37.3 Å². The predicted molar refractivity (Wildman–Crippen MR) is 179 cm³/mol. The summed E-state index contributed by atoms with van der Waals surface area (Å²) < 4.78 is 22.2. The van der Waals surface area contributed by atoms with Crippen LogP contribution in [-0.2, 0) is 51.2 Å². The van der Waals surface area contributed by atoms with Crippen molar-refractivity contribution in [3.05, 3.63) is 59.8 Å². The van der Waals surface area contributed by atoms with Crippen molar-refractivity contribution in [1.82, 2.24) is 15.2 Å². The number of hydrogen-bond donors (Lipinski definition) is 1. The smallest absolute Gasteiger partial charge is 0.347 e.